The molecule has 0 bridgehead atoms. The Labute approximate surface area is 97.6 Å². The molecule has 1 atom stereocenters. The van der Waals surface area contributed by atoms with Gasteiger partial charge >= 0.3 is 0 Å². The molecular weight excluding hydrogens is 202 g/mol. The fraction of sp³-hybridized carbons (Fsp3) is 0.462. The minimum absolute atomic E-state index is 0.165. The average molecular weight is 223 g/mol. The maximum atomic E-state index is 10.7. The lowest BCUT2D eigenvalue weighted by molar-refractivity contribution is -0.118. The summed E-state index contributed by atoms with van der Waals surface area (Å²) in [4.78, 5) is 10.7. The molecule has 90 valence electrons. The molecule has 3 nitrogen and oxygen atoms in total. The van der Waals surface area contributed by atoms with Crippen molar-refractivity contribution in [2.45, 2.75) is 33.1 Å². The van der Waals surface area contributed by atoms with Gasteiger partial charge in [0, 0.05) is 6.42 Å². The third kappa shape index (κ3) is 4.82. The smallest absolute Gasteiger partial charge is 0.218 e. The molecule has 1 rings (SSSR count). The van der Waals surface area contributed by atoms with E-state index in [2.05, 4.69) is 0 Å². The quantitative estimate of drug-likeness (QED) is 0.853. The molecule has 0 fully saturated rings. The summed E-state index contributed by atoms with van der Waals surface area (Å²) in [6, 6.07) is 7.67. The van der Waals surface area contributed by atoms with Gasteiger partial charge in [0.05, 0.1) is 7.11 Å². The van der Waals surface area contributed by atoms with E-state index in [4.69, 9.17) is 10.5 Å². The molecule has 2 N–H and O–H groups in total. The Morgan fingerprint density at radius 3 is 2.19 bits per heavy atom. The first-order valence-electron chi connectivity index (χ1n) is 5.55. The second-order valence-corrected chi connectivity index (χ2v) is 3.34. The van der Waals surface area contributed by atoms with Crippen LogP contribution in [0.4, 0.5) is 0 Å². The predicted molar refractivity (Wildman–Crippen MR) is 66.6 cm³/mol. The van der Waals surface area contributed by atoms with Crippen molar-refractivity contribution in [3.8, 4) is 5.75 Å². The van der Waals surface area contributed by atoms with Gasteiger partial charge in [-0.15, -0.1) is 0 Å². The van der Waals surface area contributed by atoms with Crippen molar-refractivity contribution in [1.82, 2.24) is 0 Å². The Bertz CT molecular complexity index is 306. The standard InChI is InChI=1S/C11H15NO2.C2H6/c1-8(7-11(12)13)9-3-5-10(14-2)6-4-9;1-2/h3-6,8H,7H2,1-2H3,(H2,12,13);1-2H3. The molecule has 1 unspecified atom stereocenters. The van der Waals surface area contributed by atoms with Crippen LogP contribution in [0.3, 0.4) is 0 Å². The second-order valence-electron chi connectivity index (χ2n) is 3.34. The van der Waals surface area contributed by atoms with Crippen LogP contribution in [0.1, 0.15) is 38.7 Å². The molecule has 0 aliphatic heterocycles. The van der Waals surface area contributed by atoms with E-state index < -0.39 is 0 Å². The third-order valence-corrected chi connectivity index (χ3v) is 2.19. The van der Waals surface area contributed by atoms with E-state index in [1.165, 1.54) is 0 Å². The molecule has 0 aliphatic rings. The number of primary amides is 1. The van der Waals surface area contributed by atoms with Gasteiger partial charge in [-0.1, -0.05) is 32.9 Å². The summed E-state index contributed by atoms with van der Waals surface area (Å²) >= 11 is 0. The number of rotatable bonds is 4. The van der Waals surface area contributed by atoms with Crippen molar-refractivity contribution in [3.63, 3.8) is 0 Å². The Hall–Kier alpha value is -1.51. The number of carbonyl (C=O) groups excluding carboxylic acids is 1. The highest BCUT2D eigenvalue weighted by molar-refractivity contribution is 5.74. The maximum Gasteiger partial charge on any atom is 0.218 e. The van der Waals surface area contributed by atoms with Gasteiger partial charge in [0.15, 0.2) is 0 Å². The van der Waals surface area contributed by atoms with Crippen LogP contribution < -0.4 is 10.5 Å². The van der Waals surface area contributed by atoms with E-state index in [0.717, 1.165) is 11.3 Å². The van der Waals surface area contributed by atoms with Crippen molar-refractivity contribution in [1.29, 1.82) is 0 Å². The van der Waals surface area contributed by atoms with Gasteiger partial charge < -0.3 is 10.5 Å². The molecule has 0 saturated carbocycles. The Morgan fingerprint density at radius 2 is 1.81 bits per heavy atom. The maximum absolute atomic E-state index is 10.7. The molecule has 0 saturated heterocycles. The largest absolute Gasteiger partial charge is 0.497 e. The number of nitrogens with two attached hydrogens (primary N) is 1. The van der Waals surface area contributed by atoms with Crippen LogP contribution in [0.2, 0.25) is 0 Å². The van der Waals surface area contributed by atoms with Crippen molar-refractivity contribution in [2.24, 2.45) is 5.73 Å². The van der Waals surface area contributed by atoms with Crippen LogP contribution in [-0.2, 0) is 4.79 Å². The monoisotopic (exact) mass is 223 g/mol. The second kappa shape index (κ2) is 7.74. The lowest BCUT2D eigenvalue weighted by Gasteiger charge is -2.09. The lowest BCUT2D eigenvalue weighted by atomic mass is 9.98. The number of ether oxygens (including phenoxy) is 1. The zero-order chi connectivity index (χ0) is 12.6. The van der Waals surface area contributed by atoms with Crippen molar-refractivity contribution in [3.05, 3.63) is 29.8 Å². The lowest BCUT2D eigenvalue weighted by Crippen LogP contribution is -2.13. The van der Waals surface area contributed by atoms with E-state index in [9.17, 15) is 4.79 Å². The van der Waals surface area contributed by atoms with E-state index in [-0.39, 0.29) is 11.8 Å². The molecule has 1 aromatic rings. The Kier molecular flexibility index (Phi) is 7.01. The number of amides is 1. The fourth-order valence-electron chi connectivity index (χ4n) is 1.35. The van der Waals surface area contributed by atoms with Gasteiger partial charge in [-0.2, -0.15) is 0 Å². The van der Waals surface area contributed by atoms with Crippen LogP contribution in [0.15, 0.2) is 24.3 Å². The Balaban J connectivity index is 0.00000106. The molecule has 0 radical (unpaired) electrons. The van der Waals surface area contributed by atoms with Gasteiger partial charge in [0.2, 0.25) is 5.91 Å². The zero-order valence-corrected chi connectivity index (χ0v) is 10.5. The number of hydrogen-bond donors (Lipinski definition) is 1. The van der Waals surface area contributed by atoms with Crippen LogP contribution in [0, 0.1) is 0 Å². The minimum atomic E-state index is -0.270. The summed E-state index contributed by atoms with van der Waals surface area (Å²) in [6.07, 6.45) is 0.381. The highest BCUT2D eigenvalue weighted by atomic mass is 16.5. The van der Waals surface area contributed by atoms with Crippen molar-refractivity contribution < 1.29 is 9.53 Å². The third-order valence-electron chi connectivity index (χ3n) is 2.19. The average Bonchev–Trinajstić information content (AvgIpc) is 2.31. The van der Waals surface area contributed by atoms with Crippen molar-refractivity contribution in [2.75, 3.05) is 7.11 Å². The SMILES string of the molecule is CC.COc1ccc(C(C)CC(N)=O)cc1. The topological polar surface area (TPSA) is 52.3 Å². The molecule has 1 aromatic carbocycles. The van der Waals surface area contributed by atoms with Crippen LogP contribution in [0.25, 0.3) is 0 Å². The number of hydrogen-bond acceptors (Lipinski definition) is 2. The summed E-state index contributed by atoms with van der Waals surface area (Å²) in [5.74, 6) is 0.715. The first-order valence-corrected chi connectivity index (χ1v) is 5.55. The van der Waals surface area contributed by atoms with Crippen LogP contribution in [-0.4, -0.2) is 13.0 Å². The molecule has 0 aromatic heterocycles. The van der Waals surface area contributed by atoms with E-state index in [1.807, 2.05) is 45.0 Å². The van der Waals surface area contributed by atoms with Crippen LogP contribution >= 0.6 is 0 Å². The number of methoxy groups -OCH3 is 1. The van der Waals surface area contributed by atoms with E-state index in [0.29, 0.717) is 6.42 Å². The van der Waals surface area contributed by atoms with Crippen molar-refractivity contribution >= 4 is 5.91 Å². The minimum Gasteiger partial charge on any atom is -0.497 e. The first kappa shape index (κ1) is 14.5. The molecule has 3 heteroatoms. The number of benzene rings is 1. The van der Waals surface area contributed by atoms with Gasteiger partial charge in [-0.3, -0.25) is 4.79 Å². The van der Waals surface area contributed by atoms with Gasteiger partial charge in [-0.25, -0.2) is 0 Å². The Morgan fingerprint density at radius 1 is 1.31 bits per heavy atom. The normalized spacial score (nSPS) is 11.0. The summed E-state index contributed by atoms with van der Waals surface area (Å²) in [5, 5.41) is 0. The van der Waals surface area contributed by atoms with E-state index >= 15 is 0 Å². The molecule has 0 spiro atoms. The summed E-state index contributed by atoms with van der Waals surface area (Å²) < 4.78 is 5.04. The molecule has 16 heavy (non-hydrogen) atoms. The van der Waals surface area contributed by atoms with Gasteiger partial charge in [0.1, 0.15) is 5.75 Å². The van der Waals surface area contributed by atoms with Gasteiger partial charge in [0.25, 0.3) is 0 Å². The van der Waals surface area contributed by atoms with E-state index in [1.54, 1.807) is 7.11 Å². The summed E-state index contributed by atoms with van der Waals surface area (Å²) in [7, 11) is 1.63. The summed E-state index contributed by atoms with van der Waals surface area (Å²) in [5.41, 5.74) is 6.22. The summed E-state index contributed by atoms with van der Waals surface area (Å²) in [6.45, 7) is 5.98. The predicted octanol–water partition coefficient (Wildman–Crippen LogP) is 2.70. The first-order chi connectivity index (χ1) is 7.63. The molecule has 0 aliphatic carbocycles. The van der Waals surface area contributed by atoms with Crippen LogP contribution in [0.5, 0.6) is 5.75 Å². The number of carbonyl (C=O) groups is 1. The van der Waals surface area contributed by atoms with Gasteiger partial charge in [-0.05, 0) is 23.6 Å². The molecule has 0 heterocycles. The zero-order valence-electron chi connectivity index (χ0n) is 10.5. The highest BCUT2D eigenvalue weighted by Gasteiger charge is 2.08. The fourth-order valence-corrected chi connectivity index (χ4v) is 1.35. The molecule has 1 amide bonds. The highest BCUT2D eigenvalue weighted by Crippen LogP contribution is 2.21. The molecular formula is C13H21NO2.